The predicted octanol–water partition coefficient (Wildman–Crippen LogP) is 10.5. The van der Waals surface area contributed by atoms with Crippen molar-refractivity contribution in [3.8, 4) is 33.8 Å². The SMILES string of the molecule is CC12N=C(OC(=N)c3cc(-c4ccc5ccccc5c4)cc(-c4ccc5ccccc5c4)c3)c3cccc(c31)Oc1ccccc12. The van der Waals surface area contributed by atoms with Crippen LogP contribution >= 0.6 is 0 Å². The summed E-state index contributed by atoms with van der Waals surface area (Å²) in [5.41, 5.74) is 7.00. The average Bonchev–Trinajstić information content (AvgIpc) is 3.40. The number of nitrogens with zero attached hydrogens (tertiary/aromatic N) is 1. The maximum atomic E-state index is 9.28. The van der Waals surface area contributed by atoms with Crippen LogP contribution in [0.3, 0.4) is 0 Å². The smallest absolute Gasteiger partial charge is 0.225 e. The van der Waals surface area contributed by atoms with E-state index in [1.165, 1.54) is 21.5 Å². The summed E-state index contributed by atoms with van der Waals surface area (Å²) in [6, 6.07) is 50.0. The van der Waals surface area contributed by atoms with Gasteiger partial charge in [-0.25, -0.2) is 4.99 Å². The second-order valence-electron chi connectivity index (χ2n) is 12.1. The third kappa shape index (κ3) is 4.15. The molecule has 9 rings (SSSR count). The van der Waals surface area contributed by atoms with Crippen molar-refractivity contribution in [2.45, 2.75) is 12.5 Å². The number of rotatable bonds is 3. The highest BCUT2D eigenvalue weighted by atomic mass is 16.5. The van der Waals surface area contributed by atoms with Crippen LogP contribution in [0.4, 0.5) is 0 Å². The minimum absolute atomic E-state index is 0.0393. The number of hydrogen-bond donors (Lipinski definition) is 1. The number of nitrogens with one attached hydrogen (secondary N) is 1. The molecule has 0 radical (unpaired) electrons. The molecule has 7 aromatic rings. The highest BCUT2D eigenvalue weighted by Gasteiger charge is 2.46. The minimum Gasteiger partial charge on any atom is -0.457 e. The van der Waals surface area contributed by atoms with Crippen molar-refractivity contribution >= 4 is 33.3 Å². The summed E-state index contributed by atoms with van der Waals surface area (Å²) in [6.45, 7) is 2.09. The van der Waals surface area contributed by atoms with Gasteiger partial charge in [-0.15, -0.1) is 0 Å². The number of hydrogen-bond acceptors (Lipinski definition) is 4. The Balaban J connectivity index is 1.16. The van der Waals surface area contributed by atoms with Gasteiger partial charge in [0.05, 0.1) is 0 Å². The first-order chi connectivity index (χ1) is 22.5. The van der Waals surface area contributed by atoms with Gasteiger partial charge in [-0.2, -0.15) is 0 Å². The Morgan fingerprint density at radius 1 is 0.587 bits per heavy atom. The lowest BCUT2D eigenvalue weighted by molar-refractivity contribution is 0.414. The molecule has 7 aromatic carbocycles. The fourth-order valence-corrected chi connectivity index (χ4v) is 6.95. The molecule has 2 heterocycles. The lowest BCUT2D eigenvalue weighted by Crippen LogP contribution is -2.23. The minimum atomic E-state index is -0.667. The third-order valence-corrected chi connectivity index (χ3v) is 9.26. The van der Waals surface area contributed by atoms with E-state index < -0.39 is 5.54 Å². The first-order valence-corrected chi connectivity index (χ1v) is 15.4. The van der Waals surface area contributed by atoms with Gasteiger partial charge in [0.15, 0.2) is 0 Å². The molecule has 0 fully saturated rings. The zero-order valence-corrected chi connectivity index (χ0v) is 25.1. The molecular formula is C42H28N2O2. The lowest BCUT2D eigenvalue weighted by atomic mass is 9.82. The normalized spacial score (nSPS) is 16.0. The van der Waals surface area contributed by atoms with Gasteiger partial charge in [0.2, 0.25) is 11.8 Å². The number of aliphatic imine (C=N–C) groups is 1. The van der Waals surface area contributed by atoms with Crippen molar-refractivity contribution in [2.75, 3.05) is 0 Å². The maximum Gasteiger partial charge on any atom is 0.225 e. The van der Waals surface area contributed by atoms with Gasteiger partial charge >= 0.3 is 0 Å². The Labute approximate surface area is 266 Å². The molecule has 0 saturated carbocycles. The molecule has 218 valence electrons. The molecule has 46 heavy (non-hydrogen) atoms. The van der Waals surface area contributed by atoms with Crippen LogP contribution in [0.15, 0.2) is 151 Å². The van der Waals surface area contributed by atoms with Crippen LogP contribution in [0, 0.1) is 5.41 Å². The van der Waals surface area contributed by atoms with Crippen molar-refractivity contribution in [3.63, 3.8) is 0 Å². The Morgan fingerprint density at radius 3 is 1.85 bits per heavy atom. The molecule has 0 aromatic heterocycles. The summed E-state index contributed by atoms with van der Waals surface area (Å²) in [6.07, 6.45) is 0. The Kier molecular flexibility index (Phi) is 5.75. The quantitative estimate of drug-likeness (QED) is 0.164. The van der Waals surface area contributed by atoms with Gasteiger partial charge in [0, 0.05) is 22.3 Å². The summed E-state index contributed by atoms with van der Waals surface area (Å²) < 4.78 is 12.7. The largest absolute Gasteiger partial charge is 0.457 e. The van der Waals surface area contributed by atoms with Gasteiger partial charge < -0.3 is 9.47 Å². The number of fused-ring (bicyclic) bond motifs is 4. The lowest BCUT2D eigenvalue weighted by Gasteiger charge is -2.31. The summed E-state index contributed by atoms with van der Waals surface area (Å²) in [5.74, 6) is 2.02. The molecule has 1 unspecified atom stereocenters. The van der Waals surface area contributed by atoms with Crippen LogP contribution in [0.5, 0.6) is 11.5 Å². The van der Waals surface area contributed by atoms with Crippen LogP contribution in [-0.4, -0.2) is 11.8 Å². The molecule has 1 N–H and O–H groups in total. The summed E-state index contributed by atoms with van der Waals surface area (Å²) >= 11 is 0. The molecular weight excluding hydrogens is 564 g/mol. The van der Waals surface area contributed by atoms with Gasteiger partial charge in [-0.3, -0.25) is 5.41 Å². The Hall–Kier alpha value is -6.00. The van der Waals surface area contributed by atoms with E-state index in [1.54, 1.807) is 0 Å². The molecule has 2 aliphatic rings. The number of ether oxygens (including phenoxy) is 2. The Morgan fingerprint density at radius 2 is 1.17 bits per heavy atom. The molecule has 0 saturated heterocycles. The predicted molar refractivity (Wildman–Crippen MR) is 186 cm³/mol. The fraction of sp³-hybridized carbons (Fsp3) is 0.0476. The van der Waals surface area contributed by atoms with E-state index in [0.717, 1.165) is 50.4 Å². The molecule has 4 nitrogen and oxygen atoms in total. The molecule has 0 amide bonds. The topological polar surface area (TPSA) is 54.7 Å². The van der Waals surface area contributed by atoms with Gasteiger partial charge in [-0.05, 0) is 99.3 Å². The van der Waals surface area contributed by atoms with Crippen LogP contribution in [-0.2, 0) is 10.3 Å². The van der Waals surface area contributed by atoms with Crippen LogP contribution in [0.25, 0.3) is 43.8 Å². The number of benzene rings is 7. The second-order valence-corrected chi connectivity index (χ2v) is 12.1. The van der Waals surface area contributed by atoms with Crippen LogP contribution < -0.4 is 4.74 Å². The molecule has 2 aliphatic heterocycles. The van der Waals surface area contributed by atoms with Crippen LogP contribution in [0.2, 0.25) is 0 Å². The third-order valence-electron chi connectivity index (χ3n) is 9.26. The highest BCUT2D eigenvalue weighted by Crippen LogP contribution is 2.53. The van der Waals surface area contributed by atoms with E-state index in [-0.39, 0.29) is 5.90 Å². The van der Waals surface area contributed by atoms with E-state index in [0.29, 0.717) is 11.5 Å². The van der Waals surface area contributed by atoms with Crippen molar-refractivity contribution in [2.24, 2.45) is 4.99 Å². The monoisotopic (exact) mass is 592 g/mol. The number of para-hydroxylation sites is 1. The van der Waals surface area contributed by atoms with E-state index in [2.05, 4.69) is 104 Å². The second kappa shape index (κ2) is 10.0. The highest BCUT2D eigenvalue weighted by molar-refractivity contribution is 6.10. The summed E-state index contributed by atoms with van der Waals surface area (Å²) in [4.78, 5) is 5.13. The van der Waals surface area contributed by atoms with Crippen molar-refractivity contribution in [3.05, 3.63) is 168 Å². The van der Waals surface area contributed by atoms with Crippen molar-refractivity contribution < 1.29 is 9.47 Å². The zero-order valence-electron chi connectivity index (χ0n) is 25.1. The Bertz CT molecular complexity index is 2330. The van der Waals surface area contributed by atoms with Crippen LogP contribution in [0.1, 0.15) is 29.2 Å². The molecule has 0 bridgehead atoms. The van der Waals surface area contributed by atoms with E-state index in [4.69, 9.17) is 14.5 Å². The molecule has 1 atom stereocenters. The summed E-state index contributed by atoms with van der Waals surface area (Å²) in [7, 11) is 0. The first-order valence-electron chi connectivity index (χ1n) is 15.4. The first kappa shape index (κ1) is 26.4. The summed E-state index contributed by atoms with van der Waals surface area (Å²) in [5, 5.41) is 14.0. The molecule has 4 heteroatoms. The maximum absolute atomic E-state index is 9.28. The standard InChI is InChI=1S/C42H28N2O2/c1-42-36-14-6-7-15-37(36)45-38-16-8-13-35(39(38)42)41(44-42)46-40(43)34-24-32(30-19-17-26-9-2-4-11-28(26)21-30)23-33(25-34)31-20-18-27-10-3-5-12-29(27)22-31/h2-25,43H,1H3. The van der Waals surface area contributed by atoms with E-state index >= 15 is 0 Å². The van der Waals surface area contributed by atoms with E-state index in [1.807, 2.05) is 48.5 Å². The van der Waals surface area contributed by atoms with Gasteiger partial charge in [0.25, 0.3) is 0 Å². The van der Waals surface area contributed by atoms with Crippen molar-refractivity contribution in [1.82, 2.24) is 0 Å². The zero-order chi connectivity index (χ0) is 30.8. The fourth-order valence-electron chi connectivity index (χ4n) is 6.95. The van der Waals surface area contributed by atoms with Crippen molar-refractivity contribution in [1.29, 1.82) is 5.41 Å². The van der Waals surface area contributed by atoms with Gasteiger partial charge in [0.1, 0.15) is 17.0 Å². The average molecular weight is 593 g/mol. The van der Waals surface area contributed by atoms with E-state index in [9.17, 15) is 5.41 Å². The molecule has 0 spiro atoms. The molecule has 0 aliphatic carbocycles. The van der Waals surface area contributed by atoms with Gasteiger partial charge in [-0.1, -0.05) is 97.1 Å².